The summed E-state index contributed by atoms with van der Waals surface area (Å²) < 4.78 is 3.12. The van der Waals surface area contributed by atoms with Gasteiger partial charge in [-0.1, -0.05) is 12.8 Å². The highest BCUT2D eigenvalue weighted by Gasteiger charge is 2.25. The molecule has 276 valence electrons. The van der Waals surface area contributed by atoms with Crippen molar-refractivity contribution >= 4 is 41.8 Å². The van der Waals surface area contributed by atoms with Gasteiger partial charge in [0.1, 0.15) is 36.8 Å². The quantitative estimate of drug-likeness (QED) is 0.0632. The molecule has 2 atom stereocenters. The molecule has 0 aliphatic rings. The van der Waals surface area contributed by atoms with Crippen LogP contribution in [0.25, 0.3) is 0 Å². The Balaban J connectivity index is 1.75. The van der Waals surface area contributed by atoms with E-state index >= 15 is 0 Å². The number of imidazole rings is 2. The smallest absolute Gasteiger partial charge is 0.326 e. The van der Waals surface area contributed by atoms with Crippen LogP contribution in [0.4, 0.5) is 4.79 Å². The summed E-state index contributed by atoms with van der Waals surface area (Å²) in [7, 11) is 0. The van der Waals surface area contributed by atoms with E-state index in [1.807, 2.05) is 0 Å². The highest BCUT2D eigenvalue weighted by atomic mass is 16.4. The van der Waals surface area contributed by atoms with Gasteiger partial charge in [-0.3, -0.25) is 19.2 Å². The lowest BCUT2D eigenvalue weighted by Gasteiger charge is -2.18. The minimum absolute atomic E-state index is 0.0137. The molecule has 50 heavy (non-hydrogen) atoms. The van der Waals surface area contributed by atoms with E-state index in [1.165, 1.54) is 12.4 Å². The van der Waals surface area contributed by atoms with E-state index in [0.29, 0.717) is 50.2 Å². The number of hydrogen-bond acceptors (Lipinski definition) is 9. The summed E-state index contributed by atoms with van der Waals surface area (Å²) in [6.07, 6.45) is 10.1. The highest BCUT2D eigenvalue weighted by Crippen LogP contribution is 2.21. The van der Waals surface area contributed by atoms with Crippen molar-refractivity contribution < 1.29 is 59.1 Å². The van der Waals surface area contributed by atoms with Crippen LogP contribution in [0.3, 0.4) is 0 Å². The predicted molar refractivity (Wildman–Crippen MR) is 172 cm³/mol. The van der Waals surface area contributed by atoms with Crippen LogP contribution in [0.1, 0.15) is 75.9 Å². The van der Waals surface area contributed by atoms with Gasteiger partial charge in [0.05, 0.1) is 0 Å². The molecular formula is C31H45N7O12. The Labute approximate surface area is 287 Å². The number of aliphatic carboxylic acids is 5. The molecular weight excluding hydrogens is 662 g/mol. The molecule has 19 heteroatoms. The third kappa shape index (κ3) is 16.1. The molecule has 0 aromatic carbocycles. The Morgan fingerprint density at radius 3 is 1.64 bits per heavy atom. The summed E-state index contributed by atoms with van der Waals surface area (Å²) >= 11 is 0. The third-order valence-corrected chi connectivity index (χ3v) is 7.77. The summed E-state index contributed by atoms with van der Waals surface area (Å²) in [6, 6.07) is -3.87. The fourth-order valence-corrected chi connectivity index (χ4v) is 5.26. The zero-order chi connectivity index (χ0) is 37.1. The number of hydrogen-bond donors (Lipinski definition) is 8. The van der Waals surface area contributed by atoms with Crippen molar-refractivity contribution in [1.82, 2.24) is 35.1 Å². The van der Waals surface area contributed by atoms with Gasteiger partial charge in [0.15, 0.2) is 0 Å². The molecule has 3 amide bonds. The second-order valence-corrected chi connectivity index (χ2v) is 11.8. The number of carbonyl (C=O) groups is 7. The van der Waals surface area contributed by atoms with Crippen molar-refractivity contribution in [2.45, 2.75) is 102 Å². The molecule has 2 aromatic heterocycles. The lowest BCUT2D eigenvalue weighted by molar-refractivity contribution is -0.141. The number of rotatable bonds is 26. The average Bonchev–Trinajstić information content (AvgIpc) is 3.65. The van der Waals surface area contributed by atoms with Crippen LogP contribution in [0.2, 0.25) is 0 Å². The number of urea groups is 1. The van der Waals surface area contributed by atoms with Crippen LogP contribution in [0, 0.1) is 5.92 Å². The Hall–Kier alpha value is -5.49. The minimum atomic E-state index is -1.50. The number of nitrogens with zero attached hydrogens (tertiary/aromatic N) is 4. The summed E-state index contributed by atoms with van der Waals surface area (Å²) in [5.74, 6) is -5.02. The standard InChI is InChI=1S/C31H45N7O12/c39-25(34-11-5-4-7-21(29(46)47)35-31(50)36-22(30(48)49)9-10-26(40)41)8-3-1-2-6-20(16-23-32-12-14-37(23)18-27(42)43)17-24-33-13-15-38(24)19-28(44)45/h12-15,20-22H,1-11,16-19H2,(H,34,39)(H,40,41)(H,42,43)(H,44,45)(H,46,47)(H,48,49)(H2,35,36,50)/t21-,22-/m0/s1. The maximum absolute atomic E-state index is 12.3. The van der Waals surface area contributed by atoms with Gasteiger partial charge in [-0.15, -0.1) is 0 Å². The molecule has 0 spiro atoms. The second kappa shape index (κ2) is 21.5. The molecule has 19 nitrogen and oxygen atoms in total. The van der Waals surface area contributed by atoms with E-state index in [9.17, 15) is 48.9 Å². The van der Waals surface area contributed by atoms with Gasteiger partial charge in [-0.25, -0.2) is 24.4 Å². The highest BCUT2D eigenvalue weighted by molar-refractivity contribution is 5.86. The van der Waals surface area contributed by atoms with Crippen molar-refractivity contribution in [3.63, 3.8) is 0 Å². The van der Waals surface area contributed by atoms with Crippen molar-refractivity contribution in [2.75, 3.05) is 6.54 Å². The molecule has 2 aromatic rings. The number of unbranched alkanes of at least 4 members (excludes halogenated alkanes) is 3. The minimum Gasteiger partial charge on any atom is -0.481 e. The topological polar surface area (TPSA) is 292 Å². The fraction of sp³-hybridized carbons (Fsp3) is 0.581. The molecule has 2 rings (SSSR count). The lowest BCUT2D eigenvalue weighted by Crippen LogP contribution is -2.51. The monoisotopic (exact) mass is 707 g/mol. The van der Waals surface area contributed by atoms with Crippen LogP contribution in [0.15, 0.2) is 24.8 Å². The number of nitrogens with one attached hydrogen (secondary N) is 3. The SMILES string of the molecule is O=C(O)CC[C@H](NC(=O)N[C@@H](CCCCNC(=O)CCCCCC(Cc1nccn1CC(=O)O)Cc1nccn1CC(=O)O)C(=O)O)C(=O)O. The maximum atomic E-state index is 12.3. The summed E-state index contributed by atoms with van der Waals surface area (Å²) in [5, 5.41) is 52.7. The van der Waals surface area contributed by atoms with Crippen molar-refractivity contribution in [1.29, 1.82) is 0 Å². The number of aromatic nitrogens is 4. The Kier molecular flexibility index (Phi) is 17.5. The molecule has 8 N–H and O–H groups in total. The first-order valence-electron chi connectivity index (χ1n) is 16.2. The molecule has 0 fully saturated rings. The molecule has 0 bridgehead atoms. The van der Waals surface area contributed by atoms with Crippen molar-refractivity contribution in [3.05, 3.63) is 36.4 Å². The Bertz CT molecular complexity index is 1400. The predicted octanol–water partition coefficient (Wildman–Crippen LogP) is 0.958. The summed E-state index contributed by atoms with van der Waals surface area (Å²) in [4.78, 5) is 89.1. The normalized spacial score (nSPS) is 12.2. The van der Waals surface area contributed by atoms with Gasteiger partial charge in [0.25, 0.3) is 0 Å². The lowest BCUT2D eigenvalue weighted by atomic mass is 9.93. The first-order valence-corrected chi connectivity index (χ1v) is 16.2. The van der Waals surface area contributed by atoms with Crippen LogP contribution < -0.4 is 16.0 Å². The molecule has 0 aliphatic heterocycles. The van der Waals surface area contributed by atoms with Crippen LogP contribution in [-0.4, -0.2) is 105 Å². The molecule has 0 radical (unpaired) electrons. The Morgan fingerprint density at radius 1 is 0.620 bits per heavy atom. The fourth-order valence-electron chi connectivity index (χ4n) is 5.26. The van der Waals surface area contributed by atoms with E-state index in [-0.39, 0.29) is 50.7 Å². The van der Waals surface area contributed by atoms with Crippen LogP contribution in [-0.2, 0) is 54.7 Å². The van der Waals surface area contributed by atoms with Gasteiger partial charge in [-0.2, -0.15) is 0 Å². The van der Waals surface area contributed by atoms with Crippen molar-refractivity contribution in [2.24, 2.45) is 5.92 Å². The van der Waals surface area contributed by atoms with E-state index in [4.69, 9.17) is 10.2 Å². The van der Waals surface area contributed by atoms with Crippen LogP contribution in [0.5, 0.6) is 0 Å². The molecule has 0 saturated carbocycles. The summed E-state index contributed by atoms with van der Waals surface area (Å²) in [5.41, 5.74) is 0. The first kappa shape index (κ1) is 40.7. The van der Waals surface area contributed by atoms with Gasteiger partial charge in [-0.05, 0) is 44.4 Å². The van der Waals surface area contributed by atoms with Crippen LogP contribution >= 0.6 is 0 Å². The zero-order valence-corrected chi connectivity index (χ0v) is 27.5. The third-order valence-electron chi connectivity index (χ3n) is 7.77. The van der Waals surface area contributed by atoms with Crippen molar-refractivity contribution in [3.8, 4) is 0 Å². The number of carboxylic acids is 5. The first-order chi connectivity index (χ1) is 23.7. The molecule has 2 heterocycles. The molecule has 0 aliphatic carbocycles. The van der Waals surface area contributed by atoms with E-state index in [1.54, 1.807) is 21.5 Å². The number of carbonyl (C=O) groups excluding carboxylic acids is 2. The number of carboxylic acid groups (broad SMARTS) is 5. The number of amides is 3. The average molecular weight is 708 g/mol. The zero-order valence-electron chi connectivity index (χ0n) is 27.5. The van der Waals surface area contributed by atoms with E-state index in [0.717, 1.165) is 12.8 Å². The van der Waals surface area contributed by atoms with Gasteiger partial charge in [0.2, 0.25) is 5.91 Å². The van der Waals surface area contributed by atoms with E-state index in [2.05, 4.69) is 25.9 Å². The van der Waals surface area contributed by atoms with Gasteiger partial charge in [0, 0.05) is 57.0 Å². The van der Waals surface area contributed by atoms with Gasteiger partial charge < -0.3 is 50.6 Å². The van der Waals surface area contributed by atoms with E-state index < -0.39 is 54.4 Å². The van der Waals surface area contributed by atoms with Gasteiger partial charge >= 0.3 is 35.9 Å². The second-order valence-electron chi connectivity index (χ2n) is 11.8. The Morgan fingerprint density at radius 2 is 1.14 bits per heavy atom. The largest absolute Gasteiger partial charge is 0.481 e. The summed E-state index contributed by atoms with van der Waals surface area (Å²) in [6.45, 7) is -0.182. The molecule has 0 unspecified atom stereocenters. The molecule has 0 saturated heterocycles. The maximum Gasteiger partial charge on any atom is 0.326 e.